The third kappa shape index (κ3) is 7.18. The maximum atomic E-state index is 13.1. The summed E-state index contributed by atoms with van der Waals surface area (Å²) in [5, 5.41) is 3.54. The Labute approximate surface area is 247 Å². The van der Waals surface area contributed by atoms with Crippen LogP contribution in [0, 0.1) is 5.92 Å². The maximum Gasteiger partial charge on any atom is 0.261 e. The number of halogens is 4. The first-order chi connectivity index (χ1) is 18.4. The van der Waals surface area contributed by atoms with Crippen LogP contribution in [0.4, 0.5) is 11.4 Å². The van der Waals surface area contributed by atoms with Gasteiger partial charge < -0.3 is 5.32 Å². The molecule has 1 fully saturated rings. The van der Waals surface area contributed by atoms with Crippen molar-refractivity contribution in [1.82, 2.24) is 4.31 Å². The molecule has 3 aromatic carbocycles. The lowest BCUT2D eigenvalue weighted by atomic mass is 9.99. The average Bonchev–Trinajstić information content (AvgIpc) is 2.89. The minimum Gasteiger partial charge on any atom is -0.326 e. The molecule has 14 heteroatoms. The third-order valence-electron chi connectivity index (χ3n) is 6.16. The second-order valence-corrected chi connectivity index (χ2v) is 14.1. The zero-order valence-electron chi connectivity index (χ0n) is 20.2. The Morgan fingerprint density at radius 1 is 0.872 bits per heavy atom. The highest BCUT2D eigenvalue weighted by molar-refractivity contribution is 7.92. The number of carbonyl (C=O) groups is 1. The highest BCUT2D eigenvalue weighted by Gasteiger charge is 2.33. The minimum atomic E-state index is -3.97. The summed E-state index contributed by atoms with van der Waals surface area (Å²) in [5.74, 6) is -1.33. The Morgan fingerprint density at radius 2 is 1.49 bits per heavy atom. The van der Waals surface area contributed by atoms with Crippen molar-refractivity contribution in [2.75, 3.05) is 23.1 Å². The zero-order chi connectivity index (χ0) is 28.4. The van der Waals surface area contributed by atoms with Crippen LogP contribution in [0.1, 0.15) is 18.4 Å². The van der Waals surface area contributed by atoms with Crippen LogP contribution in [0.2, 0.25) is 20.1 Å². The van der Waals surface area contributed by atoms with E-state index in [-0.39, 0.29) is 55.4 Å². The molecule has 0 bridgehead atoms. The molecule has 3 aromatic rings. The molecular formula is C25H23Cl4N3O5S2. The van der Waals surface area contributed by atoms with Crippen molar-refractivity contribution in [3.05, 3.63) is 86.3 Å². The van der Waals surface area contributed by atoms with E-state index in [2.05, 4.69) is 10.0 Å². The summed E-state index contributed by atoms with van der Waals surface area (Å²) in [6.07, 6.45) is 1.00. The summed E-state index contributed by atoms with van der Waals surface area (Å²) in [6.45, 7) is 0.289. The number of hydrogen-bond donors (Lipinski definition) is 2. The van der Waals surface area contributed by atoms with Crippen molar-refractivity contribution in [2.45, 2.75) is 23.5 Å². The quantitative estimate of drug-likeness (QED) is 0.298. The lowest BCUT2D eigenvalue weighted by Crippen LogP contribution is -2.44. The van der Waals surface area contributed by atoms with Crippen LogP contribution >= 0.6 is 46.4 Å². The van der Waals surface area contributed by atoms with Crippen molar-refractivity contribution >= 4 is 83.7 Å². The van der Waals surface area contributed by atoms with E-state index in [1.807, 2.05) is 0 Å². The summed E-state index contributed by atoms with van der Waals surface area (Å²) < 4.78 is 55.4. The second-order valence-electron chi connectivity index (χ2n) is 8.87. The van der Waals surface area contributed by atoms with E-state index >= 15 is 0 Å². The van der Waals surface area contributed by atoms with E-state index in [0.717, 1.165) is 0 Å². The smallest absolute Gasteiger partial charge is 0.261 e. The second kappa shape index (κ2) is 12.2. The summed E-state index contributed by atoms with van der Waals surface area (Å²) in [5.41, 5.74) is 0.812. The van der Waals surface area contributed by atoms with E-state index in [1.165, 1.54) is 40.7 Å². The molecule has 1 aliphatic rings. The molecule has 0 unspecified atom stereocenters. The van der Waals surface area contributed by atoms with Crippen LogP contribution in [-0.2, 0) is 30.6 Å². The Morgan fingerprint density at radius 3 is 2.15 bits per heavy atom. The first-order valence-corrected chi connectivity index (χ1v) is 16.3. The Balaban J connectivity index is 1.41. The third-order valence-corrected chi connectivity index (χ3v) is 10.8. The molecule has 2 N–H and O–H groups in total. The van der Waals surface area contributed by atoms with Gasteiger partial charge in [0.2, 0.25) is 15.9 Å². The summed E-state index contributed by atoms with van der Waals surface area (Å²) in [7, 11) is -7.75. The van der Waals surface area contributed by atoms with E-state index in [0.29, 0.717) is 24.1 Å². The van der Waals surface area contributed by atoms with E-state index < -0.39 is 26.0 Å². The van der Waals surface area contributed by atoms with Crippen molar-refractivity contribution in [3.8, 4) is 0 Å². The fourth-order valence-electron chi connectivity index (χ4n) is 4.10. The van der Waals surface area contributed by atoms with Crippen molar-refractivity contribution < 1.29 is 21.6 Å². The molecule has 0 aromatic heterocycles. The molecule has 1 amide bonds. The topological polar surface area (TPSA) is 113 Å². The van der Waals surface area contributed by atoms with Gasteiger partial charge in [-0.2, -0.15) is 0 Å². The summed E-state index contributed by atoms with van der Waals surface area (Å²) in [6, 6.07) is 14.9. The first-order valence-electron chi connectivity index (χ1n) is 11.7. The molecule has 1 saturated heterocycles. The van der Waals surface area contributed by atoms with Gasteiger partial charge in [-0.25, -0.2) is 21.1 Å². The standard InChI is InChI=1S/C25H23Cl4N3O5S2/c26-20-5-1-6-21(27)19(20)15-38(34,35)32-13-3-4-16(14-32)25(33)30-17-9-11-18(12-10-17)39(36,37)31-23-8-2-7-22(28)24(23)29/h1-2,5-12,16,31H,3-4,13-15H2,(H,30,33)/t16-/m1/s1. The number of piperidine rings is 1. The number of amides is 1. The van der Waals surface area contributed by atoms with Crippen LogP contribution in [-0.4, -0.2) is 40.1 Å². The molecule has 0 spiro atoms. The number of anilines is 2. The summed E-state index contributed by atoms with van der Waals surface area (Å²) in [4.78, 5) is 12.9. The number of benzene rings is 3. The van der Waals surface area contributed by atoms with Crippen LogP contribution < -0.4 is 10.0 Å². The SMILES string of the molecule is O=C(Nc1ccc(S(=O)(=O)Nc2cccc(Cl)c2Cl)cc1)[C@@H]1CCCN(S(=O)(=O)Cc2c(Cl)cccc2Cl)C1. The molecule has 1 aliphatic heterocycles. The van der Waals surface area contributed by atoms with Crippen LogP contribution in [0.25, 0.3) is 0 Å². The molecule has 0 radical (unpaired) electrons. The van der Waals surface area contributed by atoms with Crippen molar-refractivity contribution in [2.24, 2.45) is 5.92 Å². The van der Waals surface area contributed by atoms with Crippen LogP contribution in [0.3, 0.4) is 0 Å². The van der Waals surface area contributed by atoms with Gasteiger partial charge in [0.15, 0.2) is 0 Å². The monoisotopic (exact) mass is 649 g/mol. The number of carbonyl (C=O) groups excluding carboxylic acids is 1. The van der Waals surface area contributed by atoms with Crippen LogP contribution in [0.15, 0.2) is 65.6 Å². The van der Waals surface area contributed by atoms with Gasteiger partial charge in [-0.3, -0.25) is 9.52 Å². The van der Waals surface area contributed by atoms with Gasteiger partial charge in [-0.15, -0.1) is 0 Å². The molecular weight excluding hydrogens is 628 g/mol. The molecule has 1 atom stereocenters. The highest BCUT2D eigenvalue weighted by Crippen LogP contribution is 2.32. The minimum absolute atomic E-state index is 0.00696. The Hall–Kier alpha value is -2.05. The lowest BCUT2D eigenvalue weighted by molar-refractivity contribution is -0.120. The fraction of sp³-hybridized carbons (Fsp3) is 0.240. The Bertz CT molecular complexity index is 1580. The molecule has 8 nitrogen and oxygen atoms in total. The number of sulfonamides is 2. The van der Waals surface area contributed by atoms with Gasteiger partial charge in [0.1, 0.15) is 0 Å². The van der Waals surface area contributed by atoms with E-state index in [9.17, 15) is 21.6 Å². The predicted molar refractivity (Wildman–Crippen MR) is 156 cm³/mol. The zero-order valence-corrected chi connectivity index (χ0v) is 24.9. The van der Waals surface area contributed by atoms with Gasteiger partial charge in [-0.1, -0.05) is 58.5 Å². The lowest BCUT2D eigenvalue weighted by Gasteiger charge is -2.31. The molecule has 4 rings (SSSR count). The van der Waals surface area contributed by atoms with E-state index in [4.69, 9.17) is 46.4 Å². The average molecular weight is 651 g/mol. The van der Waals surface area contributed by atoms with Crippen molar-refractivity contribution in [1.29, 1.82) is 0 Å². The molecule has 1 heterocycles. The number of nitrogens with zero attached hydrogens (tertiary/aromatic N) is 1. The number of hydrogen-bond acceptors (Lipinski definition) is 5. The van der Waals surface area contributed by atoms with Gasteiger partial charge in [0.05, 0.1) is 32.3 Å². The summed E-state index contributed by atoms with van der Waals surface area (Å²) >= 11 is 24.3. The molecule has 39 heavy (non-hydrogen) atoms. The van der Waals surface area contributed by atoms with Gasteiger partial charge >= 0.3 is 0 Å². The van der Waals surface area contributed by atoms with Crippen molar-refractivity contribution in [3.63, 3.8) is 0 Å². The molecule has 208 valence electrons. The van der Waals surface area contributed by atoms with E-state index in [1.54, 1.807) is 24.3 Å². The predicted octanol–water partition coefficient (Wildman–Crippen LogP) is 6.28. The Kier molecular flexibility index (Phi) is 9.37. The number of nitrogens with one attached hydrogen (secondary N) is 2. The largest absolute Gasteiger partial charge is 0.326 e. The fourth-order valence-corrected chi connectivity index (χ4v) is 7.94. The normalized spacial score (nSPS) is 16.6. The first kappa shape index (κ1) is 29.9. The van der Waals surface area contributed by atoms with Gasteiger partial charge in [0.25, 0.3) is 10.0 Å². The van der Waals surface area contributed by atoms with Gasteiger partial charge in [0, 0.05) is 34.4 Å². The maximum absolute atomic E-state index is 13.1. The highest BCUT2D eigenvalue weighted by atomic mass is 35.5. The van der Waals surface area contributed by atoms with Gasteiger partial charge in [-0.05, 0) is 61.4 Å². The van der Waals surface area contributed by atoms with Crippen LogP contribution in [0.5, 0.6) is 0 Å². The number of rotatable bonds is 8. The molecule has 0 aliphatic carbocycles. The molecule has 0 saturated carbocycles.